The molecular weight excluding hydrogens is 790 g/mol. The molecule has 5 rings (SSSR count). The van der Waals surface area contributed by atoms with E-state index in [9.17, 15) is 41.5 Å². The lowest BCUT2D eigenvalue weighted by atomic mass is 9.81. The Hall–Kier alpha value is -6.33. The van der Waals surface area contributed by atoms with Gasteiger partial charge in [0, 0.05) is 42.7 Å². The Balaban J connectivity index is 1.30. The van der Waals surface area contributed by atoms with E-state index >= 15 is 0 Å². The van der Waals surface area contributed by atoms with Gasteiger partial charge in [0.05, 0.1) is 0 Å². The Morgan fingerprint density at radius 2 is 1.53 bits per heavy atom. The van der Waals surface area contributed by atoms with Crippen LogP contribution in [-0.2, 0) is 31.5 Å². The van der Waals surface area contributed by atoms with Crippen molar-refractivity contribution in [2.45, 2.75) is 83.3 Å². The van der Waals surface area contributed by atoms with Gasteiger partial charge in [-0.15, -0.1) is 0 Å². The fourth-order valence-corrected chi connectivity index (χ4v) is 6.69. The van der Waals surface area contributed by atoms with Crippen molar-refractivity contribution in [3.05, 3.63) is 89.2 Å². The molecule has 1 unspecified atom stereocenters. The van der Waals surface area contributed by atoms with Crippen molar-refractivity contribution in [2.75, 3.05) is 18.9 Å². The third kappa shape index (κ3) is 10.8. The molecule has 3 aromatic carbocycles. The lowest BCUT2D eigenvalue weighted by Gasteiger charge is -2.29. The van der Waals surface area contributed by atoms with Crippen molar-refractivity contribution in [3.63, 3.8) is 0 Å². The Bertz CT molecular complexity index is 2200. The number of anilines is 1. The summed E-state index contributed by atoms with van der Waals surface area (Å²) >= 11 is 0. The Kier molecular flexibility index (Phi) is 13.7. The number of aromatic nitrogens is 3. The van der Waals surface area contributed by atoms with Gasteiger partial charge in [-0.2, -0.15) is 22.7 Å². The van der Waals surface area contributed by atoms with Crippen LogP contribution in [0.1, 0.15) is 73.8 Å². The number of halogens is 4. The maximum atomic E-state index is 14.3. The Labute approximate surface area is 343 Å². The lowest BCUT2D eigenvalue weighted by Crippen LogP contribution is -2.48. The smallest absolute Gasteiger partial charge is 0.411 e. The van der Waals surface area contributed by atoms with Gasteiger partial charge in [0.1, 0.15) is 11.6 Å². The van der Waals surface area contributed by atoms with Crippen LogP contribution in [0.25, 0.3) is 22.5 Å². The lowest BCUT2D eigenvalue weighted by molar-refractivity contribution is -0.231. The number of hydrogen-bond donors (Lipinski definition) is 6. The number of hydrogen-bond acceptors (Lipinski definition) is 8. The standard InChI is InChI=1S/C42H47F4N7O7/c1-23-6-11-29(34(54)47-5)21-31(23)26-12-7-24(8-13-26)20-32(50-35(55)28-14-9-25(10-15-28)22-48-39(59)60-40(2,3)4)36(56)49-30-18-16-27(17-19-30)33-51-37(53-52-33)41(43,44)42(45,46)38(57)58/h6-8,11-13,16-19,21,25,28,32H,9-10,14-15,20,22H2,1-5H3,(H,47,54)(H,48,59)(H,49,56)(H,50,55)(H,57,58)(H,51,52,53). The van der Waals surface area contributed by atoms with Crippen molar-refractivity contribution < 1.29 is 51.4 Å². The zero-order chi connectivity index (χ0) is 44.0. The highest BCUT2D eigenvalue weighted by molar-refractivity contribution is 5.98. The second-order valence-corrected chi connectivity index (χ2v) is 15.7. The molecule has 0 aliphatic heterocycles. The maximum absolute atomic E-state index is 14.3. The first-order valence-corrected chi connectivity index (χ1v) is 19.2. The number of rotatable bonds is 14. The van der Waals surface area contributed by atoms with Gasteiger partial charge in [0.15, 0.2) is 5.82 Å². The first-order valence-electron chi connectivity index (χ1n) is 19.2. The molecule has 6 N–H and O–H groups in total. The predicted molar refractivity (Wildman–Crippen MR) is 212 cm³/mol. The van der Waals surface area contributed by atoms with Crippen LogP contribution in [0.15, 0.2) is 66.7 Å². The molecule has 4 amide bonds. The van der Waals surface area contributed by atoms with E-state index in [2.05, 4.69) is 31.3 Å². The first kappa shape index (κ1) is 44.8. The number of ether oxygens (including phenoxy) is 1. The molecule has 1 aliphatic rings. The van der Waals surface area contributed by atoms with Gasteiger partial charge in [0.25, 0.3) is 5.91 Å². The van der Waals surface area contributed by atoms with Crippen LogP contribution in [0.5, 0.6) is 0 Å². The molecule has 1 aliphatic carbocycles. The molecule has 0 spiro atoms. The van der Waals surface area contributed by atoms with Crippen molar-refractivity contribution in [1.82, 2.24) is 31.1 Å². The maximum Gasteiger partial charge on any atom is 0.411 e. The van der Waals surface area contributed by atoms with Gasteiger partial charge in [0.2, 0.25) is 17.6 Å². The summed E-state index contributed by atoms with van der Waals surface area (Å²) in [5.74, 6) is -17.1. The van der Waals surface area contributed by atoms with Crippen LogP contribution < -0.4 is 21.3 Å². The van der Waals surface area contributed by atoms with Crippen LogP contribution in [0.2, 0.25) is 0 Å². The topological polar surface area (TPSA) is 204 Å². The number of carbonyl (C=O) groups excluding carboxylic acids is 4. The number of aromatic amines is 1. The molecule has 0 bridgehead atoms. The van der Waals surface area contributed by atoms with E-state index in [1.165, 1.54) is 24.3 Å². The molecule has 60 heavy (non-hydrogen) atoms. The molecule has 0 saturated heterocycles. The van der Waals surface area contributed by atoms with Gasteiger partial charge in [-0.1, -0.05) is 30.3 Å². The number of alkyl halides is 4. The van der Waals surface area contributed by atoms with E-state index in [-0.39, 0.29) is 41.3 Å². The summed E-state index contributed by atoms with van der Waals surface area (Å²) in [6.07, 6.45) is 2.00. The summed E-state index contributed by atoms with van der Waals surface area (Å²) in [5, 5.41) is 24.9. The normalized spacial score (nSPS) is 16.3. The van der Waals surface area contributed by atoms with E-state index in [1.807, 2.05) is 37.3 Å². The summed E-state index contributed by atoms with van der Waals surface area (Å²) in [4.78, 5) is 66.1. The molecule has 1 atom stereocenters. The first-order chi connectivity index (χ1) is 28.2. The summed E-state index contributed by atoms with van der Waals surface area (Å²) < 4.78 is 61.3. The number of carboxylic acid groups (broad SMARTS) is 1. The number of alkyl carbamates (subject to hydrolysis) is 1. The summed E-state index contributed by atoms with van der Waals surface area (Å²) in [6.45, 7) is 7.66. The number of aliphatic carboxylic acids is 1. The fourth-order valence-electron chi connectivity index (χ4n) is 6.69. The molecule has 14 nitrogen and oxygen atoms in total. The largest absolute Gasteiger partial charge is 0.477 e. The van der Waals surface area contributed by atoms with Gasteiger partial charge in [-0.25, -0.2) is 14.6 Å². The molecule has 1 heterocycles. The highest BCUT2D eigenvalue weighted by atomic mass is 19.3. The molecule has 18 heteroatoms. The highest BCUT2D eigenvalue weighted by Gasteiger charge is 2.65. The number of aryl methyl sites for hydroxylation is 1. The quantitative estimate of drug-likeness (QED) is 0.0755. The number of benzene rings is 3. The fraction of sp³-hybridized carbons (Fsp3) is 0.405. The zero-order valence-corrected chi connectivity index (χ0v) is 33.6. The molecule has 1 saturated carbocycles. The SMILES string of the molecule is CNC(=O)c1ccc(C)c(-c2ccc(CC(NC(=O)C3CCC(CNC(=O)OC(C)(C)C)CC3)C(=O)Nc3ccc(-c4n[nH]c(C(F)(F)C(F)(F)C(=O)O)n4)cc3)cc2)c1. The number of nitrogens with one attached hydrogen (secondary N) is 5. The van der Waals surface area contributed by atoms with E-state index < -0.39 is 53.1 Å². The van der Waals surface area contributed by atoms with E-state index in [4.69, 9.17) is 9.84 Å². The van der Waals surface area contributed by atoms with Crippen LogP contribution >= 0.6 is 0 Å². The minimum absolute atomic E-state index is 0.0860. The average Bonchev–Trinajstić information content (AvgIpc) is 3.71. The summed E-state index contributed by atoms with van der Waals surface area (Å²) in [5.41, 5.74) is 3.54. The highest BCUT2D eigenvalue weighted by Crippen LogP contribution is 2.42. The van der Waals surface area contributed by atoms with Crippen molar-refractivity contribution in [1.29, 1.82) is 0 Å². The van der Waals surface area contributed by atoms with Crippen molar-refractivity contribution in [2.24, 2.45) is 11.8 Å². The van der Waals surface area contributed by atoms with Gasteiger partial charge in [-0.05, 0) is 118 Å². The van der Waals surface area contributed by atoms with Gasteiger partial charge in [-0.3, -0.25) is 19.5 Å². The van der Waals surface area contributed by atoms with Crippen LogP contribution in [-0.4, -0.2) is 81.2 Å². The predicted octanol–water partition coefficient (Wildman–Crippen LogP) is 6.62. The van der Waals surface area contributed by atoms with Crippen LogP contribution in [0, 0.1) is 18.8 Å². The van der Waals surface area contributed by atoms with E-state index in [1.54, 1.807) is 45.1 Å². The second kappa shape index (κ2) is 18.3. The molecule has 1 fully saturated rings. The van der Waals surface area contributed by atoms with E-state index in [0.717, 1.165) is 22.3 Å². The van der Waals surface area contributed by atoms with Crippen LogP contribution in [0.4, 0.5) is 28.0 Å². The Morgan fingerprint density at radius 1 is 0.900 bits per heavy atom. The number of carboxylic acids is 1. The number of H-pyrrole nitrogens is 1. The van der Waals surface area contributed by atoms with Crippen LogP contribution in [0.3, 0.4) is 0 Å². The summed E-state index contributed by atoms with van der Waals surface area (Å²) in [6, 6.07) is 17.2. The molecule has 320 valence electrons. The minimum Gasteiger partial charge on any atom is -0.477 e. The molecule has 0 radical (unpaired) electrons. The van der Waals surface area contributed by atoms with Gasteiger partial charge >= 0.3 is 23.9 Å². The monoisotopic (exact) mass is 837 g/mol. The van der Waals surface area contributed by atoms with E-state index in [0.29, 0.717) is 37.8 Å². The number of amides is 4. The zero-order valence-electron chi connectivity index (χ0n) is 33.6. The Morgan fingerprint density at radius 3 is 2.13 bits per heavy atom. The number of nitrogens with zero attached hydrogens (tertiary/aromatic N) is 2. The van der Waals surface area contributed by atoms with Gasteiger partial charge < -0.3 is 31.1 Å². The number of carbonyl (C=O) groups is 5. The second-order valence-electron chi connectivity index (χ2n) is 15.7. The molecule has 4 aromatic rings. The van der Waals surface area contributed by atoms with Crippen molar-refractivity contribution in [3.8, 4) is 22.5 Å². The summed E-state index contributed by atoms with van der Waals surface area (Å²) in [7, 11) is 1.55. The molecular formula is C42H47F4N7O7. The third-order valence-electron chi connectivity index (χ3n) is 10.1. The minimum atomic E-state index is -5.45. The molecule has 1 aromatic heterocycles. The van der Waals surface area contributed by atoms with Crippen molar-refractivity contribution >= 4 is 35.5 Å². The third-order valence-corrected chi connectivity index (χ3v) is 10.1. The average molecular weight is 838 g/mol.